The molecular formula is C26H34N4O6S2. The number of thiophene rings is 1. The van der Waals surface area contributed by atoms with Crippen molar-refractivity contribution >= 4 is 38.2 Å². The van der Waals surface area contributed by atoms with Crippen molar-refractivity contribution in [2.75, 3.05) is 64.5 Å². The normalized spacial score (nSPS) is 19.4. The van der Waals surface area contributed by atoms with Gasteiger partial charge >= 0.3 is 0 Å². The molecule has 4 heterocycles. The van der Waals surface area contributed by atoms with Crippen LogP contribution in [0.15, 0.2) is 29.2 Å². The minimum Gasteiger partial charge on any atom is -0.379 e. The molecule has 3 aliphatic rings. The Kier molecular flexibility index (Phi) is 8.17. The molecule has 3 aliphatic heterocycles. The molecule has 1 aromatic heterocycles. The van der Waals surface area contributed by atoms with Gasteiger partial charge in [0.25, 0.3) is 11.8 Å². The van der Waals surface area contributed by atoms with Gasteiger partial charge in [-0.25, -0.2) is 8.42 Å². The summed E-state index contributed by atoms with van der Waals surface area (Å²) in [5.41, 5.74) is 1.92. The Balaban J connectivity index is 1.39. The molecule has 10 nitrogen and oxygen atoms in total. The number of amides is 2. The molecule has 0 saturated carbocycles. The predicted octanol–water partition coefficient (Wildman–Crippen LogP) is 2.26. The monoisotopic (exact) mass is 562 g/mol. The summed E-state index contributed by atoms with van der Waals surface area (Å²) in [5.74, 6) is -0.457. The molecule has 2 aromatic rings. The number of benzene rings is 1. The highest BCUT2D eigenvalue weighted by Gasteiger charge is 2.32. The molecule has 1 N–H and O–H groups in total. The van der Waals surface area contributed by atoms with Crippen molar-refractivity contribution in [3.63, 3.8) is 0 Å². The Morgan fingerprint density at radius 3 is 2.21 bits per heavy atom. The van der Waals surface area contributed by atoms with Crippen molar-refractivity contribution in [1.29, 1.82) is 0 Å². The topological polar surface area (TPSA) is 108 Å². The molecule has 0 aliphatic carbocycles. The fourth-order valence-electron chi connectivity index (χ4n) is 4.99. The summed E-state index contributed by atoms with van der Waals surface area (Å²) in [4.78, 5) is 32.3. The Morgan fingerprint density at radius 1 is 0.947 bits per heavy atom. The molecule has 0 spiro atoms. The van der Waals surface area contributed by atoms with Gasteiger partial charge in [-0.1, -0.05) is 0 Å². The number of hydrogen-bond acceptors (Lipinski definition) is 8. The number of sulfonamides is 1. The first-order chi connectivity index (χ1) is 18.3. The van der Waals surface area contributed by atoms with Gasteiger partial charge in [0.15, 0.2) is 0 Å². The number of morpholine rings is 2. The SMILES string of the molecule is CC(C)N1CCc2c(sc(NC(=O)c3ccc(S(=O)(=O)N4CCOCC4)cc3)c2C(=O)N2CCOCC2)C1. The zero-order valence-corrected chi connectivity index (χ0v) is 23.4. The average Bonchev–Trinajstić information content (AvgIpc) is 3.30. The lowest BCUT2D eigenvalue weighted by molar-refractivity contribution is 0.0302. The van der Waals surface area contributed by atoms with Crippen molar-refractivity contribution < 1.29 is 27.5 Å². The van der Waals surface area contributed by atoms with Crippen molar-refractivity contribution in [1.82, 2.24) is 14.1 Å². The largest absolute Gasteiger partial charge is 0.379 e. The lowest BCUT2D eigenvalue weighted by atomic mass is 10.0. The zero-order valence-electron chi connectivity index (χ0n) is 21.8. The molecule has 5 rings (SSSR count). The lowest BCUT2D eigenvalue weighted by Gasteiger charge is -2.31. The van der Waals surface area contributed by atoms with Crippen molar-refractivity contribution in [3.8, 4) is 0 Å². The van der Waals surface area contributed by atoms with Gasteiger partial charge in [-0.05, 0) is 50.1 Å². The molecule has 2 saturated heterocycles. The van der Waals surface area contributed by atoms with Gasteiger partial charge in [0.05, 0.1) is 36.9 Å². The van der Waals surface area contributed by atoms with E-state index in [0.717, 1.165) is 30.0 Å². The first-order valence-corrected chi connectivity index (χ1v) is 15.3. The van der Waals surface area contributed by atoms with Gasteiger partial charge in [-0.15, -0.1) is 11.3 Å². The Labute approximate surface area is 227 Å². The minimum atomic E-state index is -3.65. The molecule has 2 amide bonds. The summed E-state index contributed by atoms with van der Waals surface area (Å²) in [6, 6.07) is 6.33. The van der Waals surface area contributed by atoms with Crippen molar-refractivity contribution in [3.05, 3.63) is 45.8 Å². The van der Waals surface area contributed by atoms with Gasteiger partial charge in [0.1, 0.15) is 5.00 Å². The third-order valence-corrected chi connectivity index (χ3v) is 10.3. The van der Waals surface area contributed by atoms with Crippen molar-refractivity contribution in [2.24, 2.45) is 0 Å². The number of carbonyl (C=O) groups excluding carboxylic acids is 2. The maximum absolute atomic E-state index is 13.6. The van der Waals surface area contributed by atoms with Gasteiger partial charge < -0.3 is 19.7 Å². The molecule has 38 heavy (non-hydrogen) atoms. The molecule has 206 valence electrons. The third kappa shape index (κ3) is 5.51. The maximum Gasteiger partial charge on any atom is 0.257 e. The van der Waals surface area contributed by atoms with Crippen LogP contribution in [0.3, 0.4) is 0 Å². The van der Waals surface area contributed by atoms with Gasteiger partial charge in [-0.3, -0.25) is 14.5 Å². The summed E-state index contributed by atoms with van der Waals surface area (Å²) in [6.07, 6.45) is 0.749. The molecule has 2 fully saturated rings. The summed E-state index contributed by atoms with van der Waals surface area (Å²) >= 11 is 1.46. The number of nitrogens with one attached hydrogen (secondary N) is 1. The highest BCUT2D eigenvalue weighted by atomic mass is 32.2. The van der Waals surface area contributed by atoms with E-state index in [1.54, 1.807) is 4.90 Å². The summed E-state index contributed by atoms with van der Waals surface area (Å²) in [6.45, 7) is 9.30. The van der Waals surface area contributed by atoms with Crippen LogP contribution in [0, 0.1) is 0 Å². The second-order valence-electron chi connectivity index (χ2n) is 9.92. The number of fused-ring (bicyclic) bond motifs is 1. The van der Waals surface area contributed by atoms with Crippen molar-refractivity contribution in [2.45, 2.75) is 37.8 Å². The fraction of sp³-hybridized carbons (Fsp3) is 0.538. The van der Waals surface area contributed by atoms with Crippen LogP contribution in [0.1, 0.15) is 45.0 Å². The smallest absolute Gasteiger partial charge is 0.257 e. The molecular weight excluding hydrogens is 528 g/mol. The van der Waals surface area contributed by atoms with E-state index >= 15 is 0 Å². The van der Waals surface area contributed by atoms with Crippen LogP contribution in [-0.2, 0) is 32.5 Å². The molecule has 0 bridgehead atoms. The average molecular weight is 563 g/mol. The number of rotatable bonds is 6. The zero-order chi connectivity index (χ0) is 26.9. The van der Waals surface area contributed by atoms with Crippen LogP contribution >= 0.6 is 11.3 Å². The highest BCUT2D eigenvalue weighted by molar-refractivity contribution is 7.89. The second-order valence-corrected chi connectivity index (χ2v) is 13.0. The van der Waals surface area contributed by atoms with Crippen LogP contribution in [0.4, 0.5) is 5.00 Å². The molecule has 0 radical (unpaired) electrons. The van der Waals surface area contributed by atoms with Gasteiger partial charge in [-0.2, -0.15) is 4.31 Å². The minimum absolute atomic E-state index is 0.0777. The Morgan fingerprint density at radius 2 is 1.58 bits per heavy atom. The van der Waals surface area contributed by atoms with Crippen LogP contribution in [-0.4, -0.2) is 99.5 Å². The van der Waals surface area contributed by atoms with E-state index in [2.05, 4.69) is 24.1 Å². The quantitative estimate of drug-likeness (QED) is 0.575. The standard InChI is InChI=1S/C26H34N4O6S2/c1-18(2)29-8-7-21-22(17-29)37-25(23(21)26(32)28-9-13-35-14-10-28)27-24(31)19-3-5-20(6-4-19)38(33,34)30-11-15-36-16-12-30/h3-6,18H,7-17H2,1-2H3,(H,27,31). The third-order valence-electron chi connectivity index (χ3n) is 7.28. The van der Waals surface area contributed by atoms with Crippen LogP contribution in [0.25, 0.3) is 0 Å². The van der Waals surface area contributed by atoms with E-state index in [1.165, 1.54) is 39.9 Å². The number of carbonyl (C=O) groups is 2. The Hall–Kier alpha value is -2.35. The number of hydrogen-bond donors (Lipinski definition) is 1. The fourth-order valence-corrected chi connectivity index (χ4v) is 7.66. The lowest BCUT2D eigenvalue weighted by Crippen LogP contribution is -2.41. The molecule has 12 heteroatoms. The number of nitrogens with zero attached hydrogens (tertiary/aromatic N) is 3. The first kappa shape index (κ1) is 27.2. The van der Waals surface area contributed by atoms with Gasteiger partial charge in [0.2, 0.25) is 10.0 Å². The second kappa shape index (κ2) is 11.4. The van der Waals surface area contributed by atoms with Crippen LogP contribution in [0.2, 0.25) is 0 Å². The molecule has 1 aromatic carbocycles. The highest BCUT2D eigenvalue weighted by Crippen LogP contribution is 2.38. The van der Waals surface area contributed by atoms with E-state index in [9.17, 15) is 18.0 Å². The van der Waals surface area contributed by atoms with E-state index < -0.39 is 10.0 Å². The van der Waals surface area contributed by atoms with E-state index in [1.807, 2.05) is 0 Å². The number of anilines is 1. The summed E-state index contributed by atoms with van der Waals surface area (Å²) in [7, 11) is -3.65. The first-order valence-electron chi connectivity index (χ1n) is 13.0. The van der Waals surface area contributed by atoms with Gasteiger partial charge in [0, 0.05) is 55.8 Å². The molecule has 0 atom stereocenters. The van der Waals surface area contributed by atoms with E-state index in [-0.39, 0.29) is 16.7 Å². The summed E-state index contributed by atoms with van der Waals surface area (Å²) < 4.78 is 37.9. The predicted molar refractivity (Wildman–Crippen MR) is 144 cm³/mol. The van der Waals surface area contributed by atoms with E-state index in [0.29, 0.717) is 74.8 Å². The number of ether oxygens (including phenoxy) is 2. The summed E-state index contributed by atoms with van der Waals surface area (Å²) in [5, 5.41) is 3.52. The maximum atomic E-state index is 13.6. The Bertz CT molecular complexity index is 1280. The van der Waals surface area contributed by atoms with E-state index in [4.69, 9.17) is 9.47 Å². The molecule has 0 unspecified atom stereocenters. The van der Waals surface area contributed by atoms with Crippen LogP contribution in [0.5, 0.6) is 0 Å². The van der Waals surface area contributed by atoms with Crippen LogP contribution < -0.4 is 5.32 Å².